The summed E-state index contributed by atoms with van der Waals surface area (Å²) in [6.45, 7) is 0. The van der Waals surface area contributed by atoms with E-state index in [9.17, 15) is 9.90 Å². The Morgan fingerprint density at radius 2 is 1.65 bits per heavy atom. The Bertz CT molecular complexity index is 483. The number of thiol groups is 1. The molecule has 1 N–H and O–H groups in total. The van der Waals surface area contributed by atoms with Crippen LogP contribution in [0.3, 0.4) is 0 Å². The molecule has 9 heteroatoms. The zero-order valence-electron chi connectivity index (χ0n) is 8.37. The van der Waals surface area contributed by atoms with Crippen molar-refractivity contribution in [3.05, 3.63) is 31.1 Å². The number of aromatic nitrogens is 5. The van der Waals surface area contributed by atoms with Gasteiger partial charge in [0.05, 0.1) is 12.8 Å². The lowest BCUT2D eigenvalue weighted by molar-refractivity contribution is 0.183. The van der Waals surface area contributed by atoms with Gasteiger partial charge in [0.15, 0.2) is 0 Å². The van der Waals surface area contributed by atoms with Crippen LogP contribution in [0, 0.1) is 0 Å². The van der Waals surface area contributed by atoms with Crippen LogP contribution in [0.1, 0.15) is 0 Å². The van der Waals surface area contributed by atoms with Gasteiger partial charge in [0, 0.05) is 12.4 Å². The second-order valence-corrected chi connectivity index (χ2v) is 3.50. The number of rotatable bonds is 2. The fourth-order valence-corrected chi connectivity index (χ4v) is 1.33. The van der Waals surface area contributed by atoms with E-state index in [1.807, 2.05) is 0 Å². The third-order valence-electron chi connectivity index (χ3n) is 1.89. The van der Waals surface area contributed by atoms with E-state index in [0.29, 0.717) is 0 Å². The summed E-state index contributed by atoms with van der Waals surface area (Å²) < 4.78 is -1.04. The number of carboxylic acid groups (broad SMARTS) is 1. The number of hydrogen-bond donors (Lipinski definition) is 2. The van der Waals surface area contributed by atoms with Crippen molar-refractivity contribution in [3.8, 4) is 0 Å². The van der Waals surface area contributed by atoms with E-state index in [0.717, 1.165) is 0 Å². The van der Waals surface area contributed by atoms with Gasteiger partial charge in [-0.1, -0.05) is 0 Å². The van der Waals surface area contributed by atoms with Crippen molar-refractivity contribution >= 4 is 30.8 Å². The minimum atomic E-state index is -1.31. The molecule has 17 heavy (non-hydrogen) atoms. The number of nitrogens with zero attached hydrogens (tertiary/aromatic N) is 6. The van der Waals surface area contributed by atoms with Crippen molar-refractivity contribution in [3.63, 3.8) is 0 Å². The van der Waals surface area contributed by atoms with Crippen LogP contribution in [-0.4, -0.2) is 36.1 Å². The number of amides is 1. The first-order valence-electron chi connectivity index (χ1n) is 4.41. The molecular formula is C8H7N6O2S+. The molecule has 2 heterocycles. The van der Waals surface area contributed by atoms with Crippen molar-refractivity contribution in [2.75, 3.05) is 0 Å². The molecule has 0 aliphatic heterocycles. The van der Waals surface area contributed by atoms with Crippen LogP contribution in [0.15, 0.2) is 31.1 Å². The Morgan fingerprint density at radius 3 is 2.18 bits per heavy atom. The third kappa shape index (κ3) is 1.92. The van der Waals surface area contributed by atoms with Gasteiger partial charge in [-0.3, -0.25) is 0 Å². The second kappa shape index (κ2) is 4.39. The summed E-state index contributed by atoms with van der Waals surface area (Å²) >= 11 is 4.05. The lowest BCUT2D eigenvalue weighted by Gasteiger charge is -2.18. The maximum atomic E-state index is 11.3. The van der Waals surface area contributed by atoms with Crippen LogP contribution >= 0.6 is 12.8 Å². The van der Waals surface area contributed by atoms with Crippen LogP contribution in [-0.2, 0) is 0 Å². The maximum absolute atomic E-state index is 11.3. The molecule has 0 spiro atoms. The minimum absolute atomic E-state index is 0.0606. The highest BCUT2D eigenvalue weighted by molar-refractivity contribution is 7.80. The van der Waals surface area contributed by atoms with E-state index in [2.05, 4.69) is 37.7 Å². The normalized spacial score (nSPS) is 13.9. The highest BCUT2D eigenvalue weighted by Crippen LogP contribution is 2.30. The van der Waals surface area contributed by atoms with Gasteiger partial charge >= 0.3 is 18.0 Å². The Morgan fingerprint density at radius 1 is 1.12 bits per heavy atom. The second-order valence-electron chi connectivity index (χ2n) is 2.90. The number of carbonyl (C=O) groups is 1. The van der Waals surface area contributed by atoms with Crippen LogP contribution in [0.4, 0.5) is 16.7 Å². The molecule has 2 aromatic heterocycles. The number of quaternary nitrogens is 1. The summed E-state index contributed by atoms with van der Waals surface area (Å²) in [6, 6.07) is 1.57. The van der Waals surface area contributed by atoms with Gasteiger partial charge in [0.25, 0.3) is 0 Å². The van der Waals surface area contributed by atoms with Crippen LogP contribution in [0.5, 0.6) is 0 Å². The van der Waals surface area contributed by atoms with E-state index >= 15 is 0 Å². The first-order valence-corrected chi connectivity index (χ1v) is 4.81. The topological polar surface area (TPSA) is 102 Å². The summed E-state index contributed by atoms with van der Waals surface area (Å²) in [5, 5.41) is 9.25. The zero-order chi connectivity index (χ0) is 12.3. The third-order valence-corrected chi connectivity index (χ3v) is 2.42. The molecule has 2 aromatic rings. The quantitative estimate of drug-likeness (QED) is 0.601. The minimum Gasteiger partial charge on any atom is -0.434 e. The summed E-state index contributed by atoms with van der Waals surface area (Å²) in [6.07, 6.45) is 3.87. The van der Waals surface area contributed by atoms with E-state index in [1.54, 1.807) is 6.07 Å². The molecule has 8 nitrogen and oxygen atoms in total. The molecule has 1 unspecified atom stereocenters. The molecule has 2 rings (SSSR count). The molecule has 0 bridgehead atoms. The molecule has 1 atom stereocenters. The molecule has 0 saturated carbocycles. The van der Waals surface area contributed by atoms with Crippen molar-refractivity contribution < 1.29 is 9.90 Å². The SMILES string of the molecule is O=C(O)[N+](S)(c1ncccn1)c1ncncn1. The fraction of sp³-hybridized carbons (Fsp3) is 0. The Balaban J connectivity index is 2.59. The van der Waals surface area contributed by atoms with E-state index in [1.165, 1.54) is 25.0 Å². The fourth-order valence-electron chi connectivity index (χ4n) is 1.12. The molecular weight excluding hydrogens is 244 g/mol. The van der Waals surface area contributed by atoms with Gasteiger partial charge in [-0.15, -0.1) is 0 Å². The van der Waals surface area contributed by atoms with Crippen molar-refractivity contribution in [1.29, 1.82) is 0 Å². The monoisotopic (exact) mass is 251 g/mol. The Labute approximate surface area is 101 Å². The van der Waals surface area contributed by atoms with Gasteiger partial charge in [-0.2, -0.15) is 24.7 Å². The predicted octanol–water partition coefficient (Wildman–Crippen LogP) is 0.823. The first-order chi connectivity index (χ1) is 8.15. The van der Waals surface area contributed by atoms with Crippen LogP contribution in [0.2, 0.25) is 0 Å². The molecule has 0 aliphatic carbocycles. The molecule has 86 valence electrons. The van der Waals surface area contributed by atoms with E-state index in [-0.39, 0.29) is 11.9 Å². The Kier molecular flexibility index (Phi) is 2.93. The van der Waals surface area contributed by atoms with Gasteiger partial charge in [-0.05, 0) is 9.95 Å². The average molecular weight is 251 g/mol. The van der Waals surface area contributed by atoms with Gasteiger partial charge < -0.3 is 5.11 Å². The highest BCUT2D eigenvalue weighted by atomic mass is 32.1. The summed E-state index contributed by atoms with van der Waals surface area (Å²) in [5.74, 6) is -0.156. The largest absolute Gasteiger partial charge is 0.541 e. The van der Waals surface area contributed by atoms with E-state index in [4.69, 9.17) is 0 Å². The lowest BCUT2D eigenvalue weighted by atomic mass is 10.6. The molecule has 0 radical (unpaired) electrons. The van der Waals surface area contributed by atoms with Gasteiger partial charge in [0.1, 0.15) is 12.7 Å². The Hall–Kier alpha value is -2.13. The summed E-state index contributed by atoms with van der Waals surface area (Å²) in [4.78, 5) is 30.2. The predicted molar refractivity (Wildman–Crippen MR) is 60.3 cm³/mol. The molecule has 1 amide bonds. The van der Waals surface area contributed by atoms with Gasteiger partial charge in [0.2, 0.25) is 0 Å². The van der Waals surface area contributed by atoms with Crippen molar-refractivity contribution in [2.24, 2.45) is 0 Å². The summed E-state index contributed by atoms with van der Waals surface area (Å²) in [5.41, 5.74) is 0. The highest BCUT2D eigenvalue weighted by Gasteiger charge is 2.46. The molecule has 0 fully saturated rings. The molecule has 0 aromatic carbocycles. The zero-order valence-corrected chi connectivity index (χ0v) is 9.27. The number of hydrogen-bond acceptors (Lipinski definition) is 7. The summed E-state index contributed by atoms with van der Waals surface area (Å²) in [7, 11) is 0. The van der Waals surface area contributed by atoms with Crippen LogP contribution in [0.25, 0.3) is 0 Å². The van der Waals surface area contributed by atoms with Crippen molar-refractivity contribution in [1.82, 2.24) is 28.8 Å². The standard InChI is InChI=1S/C8H6N6O2S/c15-8(16)14(17,6-10-2-1-3-11-6)7-12-4-9-5-13-7/h1-5,17H/p+1. The van der Waals surface area contributed by atoms with Crippen LogP contribution < -0.4 is 3.89 Å². The lowest BCUT2D eigenvalue weighted by Crippen LogP contribution is -2.42. The smallest absolute Gasteiger partial charge is 0.434 e. The average Bonchev–Trinajstić information content (AvgIpc) is 2.39. The molecule has 0 saturated heterocycles. The first kappa shape index (κ1) is 11.4. The van der Waals surface area contributed by atoms with E-state index < -0.39 is 9.98 Å². The maximum Gasteiger partial charge on any atom is 0.541 e. The van der Waals surface area contributed by atoms with Gasteiger partial charge in [-0.25, -0.2) is 4.98 Å². The molecule has 0 aliphatic rings. The van der Waals surface area contributed by atoms with Crippen molar-refractivity contribution in [2.45, 2.75) is 0 Å².